The predicted octanol–water partition coefficient (Wildman–Crippen LogP) is 4.77. The number of rotatable bonds is 6. The molecule has 1 atom stereocenters. The lowest BCUT2D eigenvalue weighted by Gasteiger charge is -2.29. The van der Waals surface area contributed by atoms with Crippen molar-refractivity contribution in [1.82, 2.24) is 0 Å². The van der Waals surface area contributed by atoms with Gasteiger partial charge >= 0.3 is 0 Å². The number of hydrogen-bond donors (Lipinski definition) is 0. The summed E-state index contributed by atoms with van der Waals surface area (Å²) in [5.41, 5.74) is 3.52. The van der Waals surface area contributed by atoms with E-state index in [1.807, 2.05) is 0 Å². The third-order valence-electron chi connectivity index (χ3n) is 3.08. The zero-order valence-electron chi connectivity index (χ0n) is 12.0. The second kappa shape index (κ2) is 6.55. The Hall–Kier alpha value is -1.34. The highest BCUT2D eigenvalue weighted by molar-refractivity contribution is 5.27. The Kier molecular flexibility index (Phi) is 5.36. The molecule has 0 saturated carbocycles. The summed E-state index contributed by atoms with van der Waals surface area (Å²) < 4.78 is 5.99. The molecule has 0 saturated heterocycles. The Bertz CT molecular complexity index is 410. The molecule has 98 valence electrons. The molecule has 1 heteroatoms. The summed E-state index contributed by atoms with van der Waals surface area (Å²) in [7, 11) is 0. The summed E-state index contributed by atoms with van der Waals surface area (Å²) in [6.07, 6.45) is 4.91. The normalized spacial score (nSPS) is 13.8. The van der Waals surface area contributed by atoms with E-state index in [1.54, 1.807) is 6.08 Å². The highest BCUT2D eigenvalue weighted by Crippen LogP contribution is 2.30. The molecule has 1 aromatic carbocycles. The lowest BCUT2D eigenvalue weighted by molar-refractivity contribution is -0.0183. The van der Waals surface area contributed by atoms with Crippen molar-refractivity contribution in [3.63, 3.8) is 0 Å². The monoisotopic (exact) mass is 244 g/mol. The van der Waals surface area contributed by atoms with Gasteiger partial charge in [0.25, 0.3) is 0 Å². The van der Waals surface area contributed by atoms with Gasteiger partial charge in [0.1, 0.15) is 0 Å². The highest BCUT2D eigenvalue weighted by Gasteiger charge is 2.25. The average Bonchev–Trinajstić information content (AvgIpc) is 2.35. The number of aryl methyl sites for hydroxylation is 1. The first-order valence-electron chi connectivity index (χ1n) is 6.43. The fraction of sp³-hybridized carbons (Fsp3) is 0.412. The SMILES string of the molecule is C=CCO[C@@](C)(CC=C(C)C)c1ccc(C)cc1. The first-order valence-corrected chi connectivity index (χ1v) is 6.43. The second-order valence-corrected chi connectivity index (χ2v) is 5.18. The zero-order chi connectivity index (χ0) is 13.6. The van der Waals surface area contributed by atoms with Crippen LogP contribution in [-0.4, -0.2) is 6.61 Å². The topological polar surface area (TPSA) is 9.23 Å². The molecule has 18 heavy (non-hydrogen) atoms. The van der Waals surface area contributed by atoms with E-state index in [-0.39, 0.29) is 5.60 Å². The van der Waals surface area contributed by atoms with E-state index < -0.39 is 0 Å². The van der Waals surface area contributed by atoms with E-state index in [4.69, 9.17) is 4.74 Å². The van der Waals surface area contributed by atoms with Crippen molar-refractivity contribution in [3.05, 3.63) is 59.7 Å². The Morgan fingerprint density at radius 3 is 2.39 bits per heavy atom. The van der Waals surface area contributed by atoms with Crippen LogP contribution in [0.2, 0.25) is 0 Å². The van der Waals surface area contributed by atoms with Gasteiger partial charge in [-0.3, -0.25) is 0 Å². The standard InChI is InChI=1S/C17H24O/c1-6-13-18-17(5,12-11-14(2)3)16-9-7-15(4)8-10-16/h6-11H,1,12-13H2,2-5H3/t17-/m0/s1. The molecule has 1 aromatic rings. The quantitative estimate of drug-likeness (QED) is 0.655. The molecule has 0 amide bonds. The maximum atomic E-state index is 5.99. The summed E-state index contributed by atoms with van der Waals surface area (Å²) in [5.74, 6) is 0. The zero-order valence-corrected chi connectivity index (χ0v) is 12.0. The summed E-state index contributed by atoms with van der Waals surface area (Å²) >= 11 is 0. The molecule has 1 rings (SSSR count). The minimum Gasteiger partial charge on any atom is -0.366 e. The molecule has 0 aliphatic heterocycles. The van der Waals surface area contributed by atoms with Crippen LogP contribution in [0.5, 0.6) is 0 Å². The van der Waals surface area contributed by atoms with Gasteiger partial charge in [0, 0.05) is 0 Å². The van der Waals surface area contributed by atoms with E-state index in [1.165, 1.54) is 16.7 Å². The van der Waals surface area contributed by atoms with E-state index in [0.29, 0.717) is 6.61 Å². The Balaban J connectivity index is 2.98. The average molecular weight is 244 g/mol. The summed E-state index contributed by atoms with van der Waals surface area (Å²) in [4.78, 5) is 0. The van der Waals surface area contributed by atoms with E-state index in [9.17, 15) is 0 Å². The summed E-state index contributed by atoms with van der Waals surface area (Å²) in [6, 6.07) is 8.56. The third-order valence-corrected chi connectivity index (χ3v) is 3.08. The maximum Gasteiger partial charge on any atom is 0.0941 e. The van der Waals surface area contributed by atoms with Crippen LogP contribution in [0.25, 0.3) is 0 Å². The van der Waals surface area contributed by atoms with Crippen LogP contribution in [0.3, 0.4) is 0 Å². The number of ether oxygens (including phenoxy) is 1. The molecule has 0 fully saturated rings. The van der Waals surface area contributed by atoms with Gasteiger partial charge in [0.2, 0.25) is 0 Å². The van der Waals surface area contributed by atoms with E-state index in [2.05, 4.69) is 64.6 Å². The molecule has 0 aromatic heterocycles. The largest absolute Gasteiger partial charge is 0.366 e. The smallest absolute Gasteiger partial charge is 0.0941 e. The summed E-state index contributed by atoms with van der Waals surface area (Å²) in [5, 5.41) is 0. The molecule has 0 spiro atoms. The van der Waals surface area contributed by atoms with E-state index in [0.717, 1.165) is 6.42 Å². The van der Waals surface area contributed by atoms with Crippen LogP contribution in [-0.2, 0) is 10.3 Å². The van der Waals surface area contributed by atoms with Crippen LogP contribution in [0.1, 0.15) is 38.3 Å². The Morgan fingerprint density at radius 1 is 1.28 bits per heavy atom. The van der Waals surface area contributed by atoms with Crippen LogP contribution in [0.15, 0.2) is 48.6 Å². The van der Waals surface area contributed by atoms with Gasteiger partial charge in [-0.25, -0.2) is 0 Å². The van der Waals surface area contributed by atoms with Gasteiger partial charge in [0.15, 0.2) is 0 Å². The Morgan fingerprint density at radius 2 is 1.89 bits per heavy atom. The van der Waals surface area contributed by atoms with Crippen LogP contribution < -0.4 is 0 Å². The number of hydrogen-bond acceptors (Lipinski definition) is 1. The molecule has 0 radical (unpaired) electrons. The molecule has 0 N–H and O–H groups in total. The third kappa shape index (κ3) is 4.15. The first-order chi connectivity index (χ1) is 8.48. The van der Waals surface area contributed by atoms with Gasteiger partial charge in [-0.2, -0.15) is 0 Å². The molecule has 0 heterocycles. The van der Waals surface area contributed by atoms with Crippen molar-refractivity contribution in [2.45, 2.75) is 39.7 Å². The van der Waals surface area contributed by atoms with Crippen molar-refractivity contribution >= 4 is 0 Å². The van der Waals surface area contributed by atoms with Crippen molar-refractivity contribution in [3.8, 4) is 0 Å². The van der Waals surface area contributed by atoms with E-state index >= 15 is 0 Å². The molecule has 1 nitrogen and oxygen atoms in total. The Labute approximate surface area is 111 Å². The highest BCUT2D eigenvalue weighted by atomic mass is 16.5. The van der Waals surface area contributed by atoms with Gasteiger partial charge < -0.3 is 4.74 Å². The van der Waals surface area contributed by atoms with Crippen LogP contribution in [0, 0.1) is 6.92 Å². The fourth-order valence-electron chi connectivity index (χ4n) is 1.81. The van der Waals surface area contributed by atoms with Crippen LogP contribution in [0.4, 0.5) is 0 Å². The lowest BCUT2D eigenvalue weighted by atomic mass is 9.90. The first kappa shape index (κ1) is 14.7. The molecular weight excluding hydrogens is 220 g/mol. The van der Waals surface area contributed by atoms with Gasteiger partial charge in [0.05, 0.1) is 12.2 Å². The number of benzene rings is 1. The molecule has 0 unspecified atom stereocenters. The second-order valence-electron chi connectivity index (χ2n) is 5.18. The molecule has 0 bridgehead atoms. The fourth-order valence-corrected chi connectivity index (χ4v) is 1.81. The minimum atomic E-state index is -0.279. The minimum absolute atomic E-state index is 0.279. The van der Waals surface area contributed by atoms with Gasteiger partial charge in [-0.1, -0.05) is 47.6 Å². The van der Waals surface area contributed by atoms with Gasteiger partial charge in [-0.15, -0.1) is 6.58 Å². The molecule has 0 aliphatic carbocycles. The lowest BCUT2D eigenvalue weighted by Crippen LogP contribution is -2.25. The van der Waals surface area contributed by atoms with Crippen molar-refractivity contribution in [2.75, 3.05) is 6.61 Å². The van der Waals surface area contributed by atoms with Crippen molar-refractivity contribution < 1.29 is 4.74 Å². The maximum absolute atomic E-state index is 5.99. The van der Waals surface area contributed by atoms with Crippen molar-refractivity contribution in [1.29, 1.82) is 0 Å². The van der Waals surface area contributed by atoms with Crippen LogP contribution >= 0.6 is 0 Å². The molecule has 0 aliphatic rings. The molecular formula is C17H24O. The van der Waals surface area contributed by atoms with Gasteiger partial charge in [-0.05, 0) is 39.7 Å². The predicted molar refractivity (Wildman–Crippen MR) is 78.7 cm³/mol. The number of allylic oxidation sites excluding steroid dienone is 1. The summed E-state index contributed by atoms with van der Waals surface area (Å²) in [6.45, 7) is 12.8. The van der Waals surface area contributed by atoms with Crippen molar-refractivity contribution in [2.24, 2.45) is 0 Å².